The van der Waals surface area contributed by atoms with Gasteiger partial charge in [-0.2, -0.15) is 5.26 Å². The lowest BCUT2D eigenvalue weighted by Gasteiger charge is -2.07. The Labute approximate surface area is 104 Å². The molecule has 0 spiro atoms. The van der Waals surface area contributed by atoms with Gasteiger partial charge in [0.2, 0.25) is 0 Å². The number of hydrogen-bond acceptors (Lipinski definition) is 2. The third-order valence-electron chi connectivity index (χ3n) is 1.92. The molecule has 0 aliphatic heterocycles. The Morgan fingerprint density at radius 2 is 2.19 bits per heavy atom. The summed E-state index contributed by atoms with van der Waals surface area (Å²) in [7, 11) is 0. The van der Waals surface area contributed by atoms with E-state index in [0.717, 1.165) is 6.07 Å². The second-order valence-corrected chi connectivity index (χ2v) is 4.18. The number of hydrogen-bond donors (Lipinski definition) is 1. The second kappa shape index (κ2) is 5.21. The van der Waals surface area contributed by atoms with Crippen molar-refractivity contribution >= 4 is 28.6 Å². The van der Waals surface area contributed by atoms with Gasteiger partial charge in [0.1, 0.15) is 0 Å². The number of halogens is 3. The molecule has 0 radical (unpaired) electrons. The molecule has 16 heavy (non-hydrogen) atoms. The minimum absolute atomic E-state index is 0.117. The summed E-state index contributed by atoms with van der Waals surface area (Å²) in [5, 5.41) is 17.3. The van der Waals surface area contributed by atoms with E-state index in [4.69, 9.17) is 10.4 Å². The van der Waals surface area contributed by atoms with Crippen molar-refractivity contribution in [1.29, 1.82) is 5.26 Å². The van der Waals surface area contributed by atoms with Crippen molar-refractivity contribution in [1.82, 2.24) is 0 Å². The molecule has 1 rings (SSSR count). The summed E-state index contributed by atoms with van der Waals surface area (Å²) in [5.41, 5.74) is -0.241. The lowest BCUT2D eigenvalue weighted by Crippen LogP contribution is -2.04. The monoisotopic (exact) mass is 337 g/mol. The summed E-state index contributed by atoms with van der Waals surface area (Å²) >= 11 is 1.82. The molecule has 0 aromatic heterocycles. The number of nitrogens with zero attached hydrogens (tertiary/aromatic N) is 1. The number of alkyl halides is 2. The van der Waals surface area contributed by atoms with Gasteiger partial charge < -0.3 is 5.11 Å². The van der Waals surface area contributed by atoms with Gasteiger partial charge in [0.25, 0.3) is 6.43 Å². The van der Waals surface area contributed by atoms with Crippen molar-refractivity contribution in [2.45, 2.75) is 12.8 Å². The van der Waals surface area contributed by atoms with Crippen molar-refractivity contribution in [2.24, 2.45) is 0 Å². The molecule has 1 aromatic carbocycles. The maximum Gasteiger partial charge on any atom is 0.307 e. The molecular formula is C10H6F2INO2. The Morgan fingerprint density at radius 3 is 2.62 bits per heavy atom. The molecule has 0 heterocycles. The van der Waals surface area contributed by atoms with Crippen LogP contribution >= 0.6 is 22.6 Å². The van der Waals surface area contributed by atoms with Crippen molar-refractivity contribution < 1.29 is 18.7 Å². The van der Waals surface area contributed by atoms with Gasteiger partial charge in [0.15, 0.2) is 0 Å². The first-order valence-electron chi connectivity index (χ1n) is 4.18. The second-order valence-electron chi connectivity index (χ2n) is 3.01. The summed E-state index contributed by atoms with van der Waals surface area (Å²) in [6, 6.07) is 4.03. The molecule has 3 nitrogen and oxygen atoms in total. The molecule has 0 aliphatic carbocycles. The molecule has 0 saturated heterocycles. The Balaban J connectivity index is 3.28. The van der Waals surface area contributed by atoms with Gasteiger partial charge in [-0.15, -0.1) is 0 Å². The fraction of sp³-hybridized carbons (Fsp3) is 0.200. The molecule has 0 unspecified atom stereocenters. The SMILES string of the molecule is N#Cc1cc(I)c(CC(=O)O)cc1C(F)F. The van der Waals surface area contributed by atoms with E-state index in [1.54, 1.807) is 6.07 Å². The van der Waals surface area contributed by atoms with Crippen LogP contribution in [0.4, 0.5) is 8.78 Å². The van der Waals surface area contributed by atoms with E-state index in [9.17, 15) is 13.6 Å². The molecule has 1 aromatic rings. The third kappa shape index (κ3) is 2.88. The van der Waals surface area contributed by atoms with E-state index in [2.05, 4.69) is 0 Å². The Morgan fingerprint density at radius 1 is 1.56 bits per heavy atom. The van der Waals surface area contributed by atoms with Gasteiger partial charge in [-0.3, -0.25) is 4.79 Å². The average Bonchev–Trinajstić information content (AvgIpc) is 2.19. The van der Waals surface area contributed by atoms with Gasteiger partial charge in [-0.05, 0) is 40.3 Å². The number of carboxylic acids is 1. The number of nitriles is 1. The highest BCUT2D eigenvalue weighted by Crippen LogP contribution is 2.27. The lowest BCUT2D eigenvalue weighted by atomic mass is 10.0. The minimum Gasteiger partial charge on any atom is -0.481 e. The zero-order chi connectivity index (χ0) is 12.3. The number of rotatable bonds is 3. The van der Waals surface area contributed by atoms with Gasteiger partial charge >= 0.3 is 5.97 Å². The number of benzene rings is 1. The van der Waals surface area contributed by atoms with Crippen molar-refractivity contribution in [3.05, 3.63) is 32.4 Å². The van der Waals surface area contributed by atoms with Gasteiger partial charge in [0, 0.05) is 9.13 Å². The normalized spacial score (nSPS) is 10.2. The average molecular weight is 337 g/mol. The molecular weight excluding hydrogens is 331 g/mol. The highest BCUT2D eigenvalue weighted by Gasteiger charge is 2.17. The molecule has 0 aliphatic rings. The quantitative estimate of drug-likeness (QED) is 0.863. The van der Waals surface area contributed by atoms with Crippen LogP contribution in [0.5, 0.6) is 0 Å². The van der Waals surface area contributed by atoms with Crippen LogP contribution in [0.1, 0.15) is 23.1 Å². The molecule has 0 amide bonds. The van der Waals surface area contributed by atoms with E-state index in [0.29, 0.717) is 9.13 Å². The molecule has 0 fully saturated rings. The van der Waals surface area contributed by atoms with Crippen molar-refractivity contribution in [2.75, 3.05) is 0 Å². The van der Waals surface area contributed by atoms with E-state index in [-0.39, 0.29) is 12.0 Å². The van der Waals surface area contributed by atoms with Gasteiger partial charge in [-0.25, -0.2) is 8.78 Å². The van der Waals surface area contributed by atoms with Crippen LogP contribution in [0.25, 0.3) is 0 Å². The lowest BCUT2D eigenvalue weighted by molar-refractivity contribution is -0.136. The Kier molecular flexibility index (Phi) is 4.18. The highest BCUT2D eigenvalue weighted by molar-refractivity contribution is 14.1. The van der Waals surface area contributed by atoms with Crippen LogP contribution in [0.3, 0.4) is 0 Å². The van der Waals surface area contributed by atoms with Crippen LogP contribution in [0, 0.1) is 14.9 Å². The smallest absolute Gasteiger partial charge is 0.307 e. The molecule has 1 N–H and O–H groups in total. The van der Waals surface area contributed by atoms with Crippen molar-refractivity contribution in [3.8, 4) is 6.07 Å². The maximum absolute atomic E-state index is 12.6. The Hall–Kier alpha value is -1.23. The van der Waals surface area contributed by atoms with E-state index in [1.165, 1.54) is 6.07 Å². The predicted octanol–water partition coefficient (Wildman–Crippen LogP) is 2.73. The minimum atomic E-state index is -2.78. The fourth-order valence-corrected chi connectivity index (χ4v) is 1.87. The third-order valence-corrected chi connectivity index (χ3v) is 2.92. The van der Waals surface area contributed by atoms with Crippen LogP contribution in [-0.2, 0) is 11.2 Å². The predicted molar refractivity (Wildman–Crippen MR) is 60.2 cm³/mol. The maximum atomic E-state index is 12.6. The molecule has 6 heteroatoms. The molecule has 0 saturated carbocycles. The van der Waals surface area contributed by atoms with Crippen LogP contribution < -0.4 is 0 Å². The van der Waals surface area contributed by atoms with E-state index >= 15 is 0 Å². The van der Waals surface area contributed by atoms with E-state index in [1.807, 2.05) is 22.6 Å². The number of carbonyl (C=O) groups is 1. The topological polar surface area (TPSA) is 61.1 Å². The molecule has 0 bridgehead atoms. The van der Waals surface area contributed by atoms with Crippen molar-refractivity contribution in [3.63, 3.8) is 0 Å². The Bertz CT molecular complexity index is 469. The zero-order valence-corrected chi connectivity index (χ0v) is 10.0. The first-order chi connectivity index (χ1) is 7.45. The van der Waals surface area contributed by atoms with Gasteiger partial charge in [-0.1, -0.05) is 0 Å². The van der Waals surface area contributed by atoms with E-state index < -0.39 is 18.0 Å². The summed E-state index contributed by atoms with van der Waals surface area (Å²) in [5.74, 6) is -1.09. The first-order valence-corrected chi connectivity index (χ1v) is 5.26. The van der Waals surface area contributed by atoms with Crippen LogP contribution in [-0.4, -0.2) is 11.1 Å². The standard InChI is InChI=1S/C10H6F2INO2/c11-10(12)7-1-5(3-9(15)16)8(13)2-6(7)4-14/h1-2,10H,3H2,(H,15,16). The summed E-state index contributed by atoms with van der Waals surface area (Å²) in [4.78, 5) is 10.5. The first kappa shape index (κ1) is 12.8. The summed E-state index contributed by atoms with van der Waals surface area (Å²) in [6.45, 7) is 0. The van der Waals surface area contributed by atoms with Crippen LogP contribution in [0.2, 0.25) is 0 Å². The summed E-state index contributed by atoms with van der Waals surface area (Å²) in [6.07, 6.45) is -3.11. The zero-order valence-electron chi connectivity index (χ0n) is 7.88. The largest absolute Gasteiger partial charge is 0.481 e. The number of carboxylic acid groups (broad SMARTS) is 1. The number of aliphatic carboxylic acids is 1. The molecule has 84 valence electrons. The summed E-state index contributed by atoms with van der Waals surface area (Å²) < 4.78 is 25.6. The highest BCUT2D eigenvalue weighted by atomic mass is 127. The van der Waals surface area contributed by atoms with Crippen LogP contribution in [0.15, 0.2) is 12.1 Å². The van der Waals surface area contributed by atoms with Gasteiger partial charge in [0.05, 0.1) is 18.1 Å². The molecule has 0 atom stereocenters. The fourth-order valence-electron chi connectivity index (χ4n) is 1.21.